The first-order valence-electron chi connectivity index (χ1n) is 11.8. The zero-order chi connectivity index (χ0) is 28.2. The molecule has 0 aliphatic carbocycles. The van der Waals surface area contributed by atoms with E-state index in [9.17, 15) is 17.6 Å². The van der Waals surface area contributed by atoms with Gasteiger partial charge in [0.25, 0.3) is 0 Å². The highest BCUT2D eigenvalue weighted by molar-refractivity contribution is 7.89. The maximum absolute atomic E-state index is 13.7. The predicted octanol–water partition coefficient (Wildman–Crippen LogP) is 4.60. The first kappa shape index (κ1) is 27.9. The average molecular weight is 554 g/mol. The summed E-state index contributed by atoms with van der Waals surface area (Å²) in [6.45, 7) is -0.367. The Labute approximate surface area is 226 Å². The van der Waals surface area contributed by atoms with Crippen LogP contribution in [-0.2, 0) is 14.8 Å². The van der Waals surface area contributed by atoms with Crippen LogP contribution >= 0.6 is 0 Å². The van der Waals surface area contributed by atoms with Crippen molar-refractivity contribution in [3.8, 4) is 23.0 Å². The molecule has 39 heavy (non-hydrogen) atoms. The van der Waals surface area contributed by atoms with E-state index in [1.165, 1.54) is 44.9 Å². The van der Waals surface area contributed by atoms with Crippen LogP contribution in [0.4, 0.5) is 4.39 Å². The van der Waals surface area contributed by atoms with Crippen molar-refractivity contribution in [3.63, 3.8) is 0 Å². The minimum atomic E-state index is -4.07. The van der Waals surface area contributed by atoms with E-state index >= 15 is 0 Å². The second kappa shape index (κ2) is 11.7. The van der Waals surface area contributed by atoms with Gasteiger partial charge in [0.1, 0.15) is 28.8 Å². The summed E-state index contributed by atoms with van der Waals surface area (Å²) in [4.78, 5) is 13.6. The number of benzene rings is 3. The molecule has 0 spiro atoms. The average Bonchev–Trinajstić information content (AvgIpc) is 2.94. The van der Waals surface area contributed by atoms with Crippen molar-refractivity contribution in [1.82, 2.24) is 4.31 Å². The van der Waals surface area contributed by atoms with Gasteiger partial charge in [0.15, 0.2) is 5.78 Å². The standard InChI is InChI=1S/C29H28FNO7S/c1-35-24-11-19(12-25(15-24)36-2)9-21-17-31(39(33,34)28-7-5-23(30)6-8-28)18-22(29(21)32)10-20-13-26(37-3)16-27(14-20)38-4/h5-16H,17-18H2,1-4H3/b21-9+,22-10+. The first-order valence-corrected chi connectivity index (χ1v) is 13.3. The molecule has 10 heteroatoms. The van der Waals surface area contributed by atoms with Crippen LogP contribution in [0.25, 0.3) is 12.2 Å². The summed E-state index contributed by atoms with van der Waals surface area (Å²) in [5.74, 6) is 1.19. The van der Waals surface area contributed by atoms with E-state index < -0.39 is 15.8 Å². The number of piperidine rings is 1. The van der Waals surface area contributed by atoms with Gasteiger partial charge in [-0.3, -0.25) is 4.79 Å². The summed E-state index contributed by atoms with van der Waals surface area (Å²) in [5.41, 5.74) is 1.67. The number of hydrogen-bond donors (Lipinski definition) is 0. The molecule has 3 aromatic rings. The summed E-state index contributed by atoms with van der Waals surface area (Å²) < 4.78 is 63.2. The summed E-state index contributed by atoms with van der Waals surface area (Å²) >= 11 is 0. The van der Waals surface area contributed by atoms with E-state index in [0.717, 1.165) is 12.1 Å². The van der Waals surface area contributed by atoms with E-state index in [1.54, 1.807) is 48.6 Å². The number of Topliss-reactive ketones (excluding diaryl/α,β-unsaturated/α-hetero) is 1. The van der Waals surface area contributed by atoms with Gasteiger partial charge in [-0.1, -0.05) is 0 Å². The number of carbonyl (C=O) groups is 1. The van der Waals surface area contributed by atoms with Crippen molar-refractivity contribution in [2.24, 2.45) is 0 Å². The molecule has 4 rings (SSSR count). The van der Waals surface area contributed by atoms with Crippen LogP contribution < -0.4 is 18.9 Å². The SMILES string of the molecule is COc1cc(/C=C2\CN(S(=O)(=O)c3ccc(F)cc3)C/C(=C\c3cc(OC)cc(OC)c3)C2=O)cc(OC)c1. The molecule has 0 amide bonds. The number of halogens is 1. The Morgan fingerprint density at radius 2 is 1.08 bits per heavy atom. The Kier molecular flexibility index (Phi) is 8.37. The van der Waals surface area contributed by atoms with E-state index in [0.29, 0.717) is 34.1 Å². The van der Waals surface area contributed by atoms with Crippen LogP contribution in [0.3, 0.4) is 0 Å². The summed E-state index contributed by atoms with van der Waals surface area (Å²) in [5, 5.41) is 0. The number of hydrogen-bond acceptors (Lipinski definition) is 7. The quantitative estimate of drug-likeness (QED) is 0.377. The van der Waals surface area contributed by atoms with Crippen molar-refractivity contribution in [1.29, 1.82) is 0 Å². The molecule has 0 N–H and O–H groups in total. The molecule has 0 radical (unpaired) electrons. The normalized spacial score (nSPS) is 16.4. The van der Waals surface area contributed by atoms with Crippen molar-refractivity contribution < 1.29 is 36.6 Å². The van der Waals surface area contributed by atoms with Crippen molar-refractivity contribution in [2.75, 3.05) is 41.5 Å². The molecule has 0 saturated carbocycles. The number of methoxy groups -OCH3 is 4. The van der Waals surface area contributed by atoms with Crippen molar-refractivity contribution in [2.45, 2.75) is 4.90 Å². The fraction of sp³-hybridized carbons (Fsp3) is 0.207. The molecule has 1 aliphatic heterocycles. The zero-order valence-corrected chi connectivity index (χ0v) is 22.8. The highest BCUT2D eigenvalue weighted by Crippen LogP contribution is 2.31. The largest absolute Gasteiger partial charge is 0.497 e. The lowest BCUT2D eigenvalue weighted by atomic mass is 9.95. The second-order valence-corrected chi connectivity index (χ2v) is 10.6. The number of ketones is 1. The van der Waals surface area contributed by atoms with Gasteiger partial charge < -0.3 is 18.9 Å². The molecule has 0 bridgehead atoms. The van der Waals surface area contributed by atoms with Gasteiger partial charge in [0.2, 0.25) is 10.0 Å². The summed E-state index contributed by atoms with van der Waals surface area (Å²) in [6.07, 6.45) is 3.22. The van der Waals surface area contributed by atoms with Crippen molar-refractivity contribution in [3.05, 3.63) is 88.8 Å². The monoisotopic (exact) mass is 553 g/mol. The molecule has 8 nitrogen and oxygen atoms in total. The number of sulfonamides is 1. The molecule has 1 fully saturated rings. The van der Waals surface area contributed by atoms with Crippen LogP contribution in [-0.4, -0.2) is 60.0 Å². The highest BCUT2D eigenvalue weighted by Gasteiger charge is 2.34. The molecule has 3 aromatic carbocycles. The van der Waals surface area contributed by atoms with Gasteiger partial charge in [-0.25, -0.2) is 12.8 Å². The summed E-state index contributed by atoms with van der Waals surface area (Å²) in [7, 11) is 1.98. The van der Waals surface area contributed by atoms with Gasteiger partial charge in [-0.05, 0) is 71.8 Å². The fourth-order valence-corrected chi connectivity index (χ4v) is 5.56. The Balaban J connectivity index is 1.84. The number of nitrogens with zero attached hydrogens (tertiary/aromatic N) is 1. The van der Waals surface area contributed by atoms with Gasteiger partial charge in [0.05, 0.1) is 33.3 Å². The molecule has 0 atom stereocenters. The van der Waals surface area contributed by atoms with Gasteiger partial charge in [-0.2, -0.15) is 4.31 Å². The highest BCUT2D eigenvalue weighted by atomic mass is 32.2. The number of rotatable bonds is 8. The first-order chi connectivity index (χ1) is 18.7. The van der Waals surface area contributed by atoms with E-state index in [2.05, 4.69) is 0 Å². The third-order valence-corrected chi connectivity index (χ3v) is 7.96. The molecule has 1 saturated heterocycles. The Morgan fingerprint density at radius 3 is 1.44 bits per heavy atom. The van der Waals surface area contributed by atoms with Crippen LogP contribution in [0.2, 0.25) is 0 Å². The third kappa shape index (κ3) is 6.30. The van der Waals surface area contributed by atoms with Crippen LogP contribution in [0.5, 0.6) is 23.0 Å². The van der Waals surface area contributed by atoms with Gasteiger partial charge in [0, 0.05) is 36.4 Å². The Morgan fingerprint density at radius 1 is 0.692 bits per heavy atom. The fourth-order valence-electron chi connectivity index (χ4n) is 4.16. The lowest BCUT2D eigenvalue weighted by Crippen LogP contribution is -2.41. The van der Waals surface area contributed by atoms with E-state index in [-0.39, 0.29) is 34.9 Å². The van der Waals surface area contributed by atoms with E-state index in [4.69, 9.17) is 18.9 Å². The molecule has 204 valence electrons. The maximum Gasteiger partial charge on any atom is 0.243 e. The number of ether oxygens (including phenoxy) is 4. The van der Waals surface area contributed by atoms with E-state index in [1.807, 2.05) is 0 Å². The molecular weight excluding hydrogens is 525 g/mol. The predicted molar refractivity (Wildman–Crippen MR) is 145 cm³/mol. The molecule has 0 aromatic heterocycles. The molecule has 1 aliphatic rings. The lowest BCUT2D eigenvalue weighted by molar-refractivity contribution is -0.113. The van der Waals surface area contributed by atoms with Crippen LogP contribution in [0.1, 0.15) is 11.1 Å². The molecule has 0 unspecified atom stereocenters. The van der Waals surface area contributed by atoms with Gasteiger partial charge in [-0.15, -0.1) is 0 Å². The summed E-state index contributed by atoms with van der Waals surface area (Å²) in [6, 6.07) is 14.8. The van der Waals surface area contributed by atoms with Crippen molar-refractivity contribution >= 4 is 28.0 Å². The second-order valence-electron chi connectivity index (χ2n) is 8.69. The maximum atomic E-state index is 13.7. The Bertz CT molecular complexity index is 1420. The smallest absolute Gasteiger partial charge is 0.243 e. The van der Waals surface area contributed by atoms with Crippen LogP contribution in [0, 0.1) is 5.82 Å². The van der Waals surface area contributed by atoms with Crippen LogP contribution in [0.15, 0.2) is 76.7 Å². The Hall–Kier alpha value is -4.15. The third-order valence-electron chi connectivity index (χ3n) is 6.16. The lowest BCUT2D eigenvalue weighted by Gasteiger charge is -2.29. The minimum Gasteiger partial charge on any atom is -0.497 e. The minimum absolute atomic E-state index is 0.0805. The topological polar surface area (TPSA) is 91.4 Å². The zero-order valence-electron chi connectivity index (χ0n) is 21.9. The number of carbonyl (C=O) groups excluding carboxylic acids is 1. The molecule has 1 heterocycles. The van der Waals surface area contributed by atoms with Gasteiger partial charge >= 0.3 is 0 Å². The molecular formula is C29H28FNO7S.